The van der Waals surface area contributed by atoms with Gasteiger partial charge in [-0.1, -0.05) is 12.1 Å². The Morgan fingerprint density at radius 2 is 2.18 bits per heavy atom. The molecule has 94 valence electrons. The van der Waals surface area contributed by atoms with Gasteiger partial charge in [-0.3, -0.25) is 9.36 Å². The molecule has 2 N–H and O–H groups in total. The lowest BCUT2D eigenvalue weighted by Gasteiger charge is -2.15. The zero-order chi connectivity index (χ0) is 12.9. The molecule has 0 saturated carbocycles. The van der Waals surface area contributed by atoms with Gasteiger partial charge in [0.2, 0.25) is 0 Å². The van der Waals surface area contributed by atoms with Crippen LogP contribution in [0, 0.1) is 0 Å². The number of aldehydes is 1. The summed E-state index contributed by atoms with van der Waals surface area (Å²) in [5.41, 5.74) is 0.504. The molecule has 0 aliphatic carbocycles. The Hall–Kier alpha value is -1.16. The Balaban J connectivity index is 2.52. The van der Waals surface area contributed by atoms with Gasteiger partial charge in [0.1, 0.15) is 12.0 Å². The van der Waals surface area contributed by atoms with Crippen molar-refractivity contribution in [3.8, 4) is 5.75 Å². The molecule has 1 rings (SSSR count). The van der Waals surface area contributed by atoms with Crippen LogP contribution in [-0.4, -0.2) is 28.3 Å². The maximum absolute atomic E-state index is 10.7. The van der Waals surface area contributed by atoms with Crippen LogP contribution in [0.3, 0.4) is 0 Å². The van der Waals surface area contributed by atoms with E-state index in [2.05, 4.69) is 0 Å². The molecule has 0 radical (unpaired) electrons. The molecule has 0 aliphatic rings. The van der Waals surface area contributed by atoms with Crippen molar-refractivity contribution in [1.29, 1.82) is 0 Å². The van der Waals surface area contributed by atoms with Crippen molar-refractivity contribution in [2.75, 3.05) is 6.16 Å². The first-order valence-corrected chi connectivity index (χ1v) is 6.97. The zero-order valence-corrected chi connectivity index (χ0v) is 10.3. The molecule has 0 aromatic heterocycles. The van der Waals surface area contributed by atoms with Gasteiger partial charge in [-0.05, 0) is 25.5 Å². The van der Waals surface area contributed by atoms with Crippen molar-refractivity contribution in [3.05, 3.63) is 29.8 Å². The molecule has 0 saturated heterocycles. The molecular weight excluding hydrogens is 243 g/mol. The fraction of sp³-hybridized carbons (Fsp3) is 0.364. The molecule has 6 heteroatoms. The minimum atomic E-state index is -3.98. The van der Waals surface area contributed by atoms with Crippen LogP contribution in [0.5, 0.6) is 5.75 Å². The average Bonchev–Trinajstić information content (AvgIpc) is 2.26. The number of carbonyl (C=O) groups excluding carboxylic acids is 1. The molecule has 0 aliphatic heterocycles. The highest BCUT2D eigenvalue weighted by atomic mass is 31.2. The van der Waals surface area contributed by atoms with Crippen LogP contribution in [0.1, 0.15) is 23.7 Å². The van der Waals surface area contributed by atoms with Gasteiger partial charge >= 0.3 is 7.60 Å². The molecule has 0 fully saturated rings. The monoisotopic (exact) mass is 258 g/mol. The molecule has 1 aromatic rings. The zero-order valence-electron chi connectivity index (χ0n) is 9.44. The smallest absolute Gasteiger partial charge is 0.325 e. The second kappa shape index (κ2) is 5.96. The Bertz CT molecular complexity index is 426. The molecule has 0 spiro atoms. The third-order valence-corrected chi connectivity index (χ3v) is 3.00. The van der Waals surface area contributed by atoms with Gasteiger partial charge in [0.25, 0.3) is 0 Å². The number of hydrogen-bond donors (Lipinski definition) is 2. The van der Waals surface area contributed by atoms with Gasteiger partial charge in [0.05, 0.1) is 12.3 Å². The van der Waals surface area contributed by atoms with Crippen LogP contribution in [0.4, 0.5) is 0 Å². The highest BCUT2D eigenvalue weighted by Crippen LogP contribution is 2.35. The molecule has 0 bridgehead atoms. The van der Waals surface area contributed by atoms with Gasteiger partial charge < -0.3 is 14.5 Å². The summed E-state index contributed by atoms with van der Waals surface area (Å²) in [6, 6.07) is 6.62. The average molecular weight is 258 g/mol. The van der Waals surface area contributed by atoms with Gasteiger partial charge in [0.15, 0.2) is 0 Å². The Morgan fingerprint density at radius 3 is 2.76 bits per heavy atom. The summed E-state index contributed by atoms with van der Waals surface area (Å²) in [6.45, 7) is 1.73. The van der Waals surface area contributed by atoms with E-state index in [4.69, 9.17) is 14.5 Å². The van der Waals surface area contributed by atoms with Crippen LogP contribution in [0.15, 0.2) is 24.3 Å². The number of benzene rings is 1. The lowest BCUT2D eigenvalue weighted by molar-refractivity contribution is 0.112. The van der Waals surface area contributed by atoms with E-state index in [-0.39, 0.29) is 18.7 Å². The van der Waals surface area contributed by atoms with E-state index in [1.54, 1.807) is 31.2 Å². The van der Waals surface area contributed by atoms with E-state index >= 15 is 0 Å². The largest absolute Gasteiger partial charge is 0.491 e. The minimum absolute atomic E-state index is 0.207. The molecule has 1 atom stereocenters. The number of carbonyl (C=O) groups is 1. The van der Waals surface area contributed by atoms with Crippen molar-refractivity contribution in [1.82, 2.24) is 0 Å². The second-order valence-corrected chi connectivity index (χ2v) is 5.57. The lowest BCUT2D eigenvalue weighted by atomic mass is 10.2. The first-order valence-electron chi connectivity index (χ1n) is 5.17. The summed E-state index contributed by atoms with van der Waals surface area (Å²) < 4.78 is 16.1. The normalized spacial score (nSPS) is 13.1. The third-order valence-electron chi connectivity index (χ3n) is 2.16. The second-order valence-electron chi connectivity index (χ2n) is 3.80. The Kier molecular flexibility index (Phi) is 4.87. The summed E-state index contributed by atoms with van der Waals surface area (Å²) in [5.74, 6) is 0.521. The quantitative estimate of drug-likeness (QED) is 0.600. The van der Waals surface area contributed by atoms with E-state index in [1.165, 1.54) is 0 Å². The van der Waals surface area contributed by atoms with Gasteiger partial charge in [0, 0.05) is 5.56 Å². The molecule has 5 nitrogen and oxygen atoms in total. The standard InChI is InChI=1S/C11H15O5P/c1-9(5-6-17(13,14)15)16-11-4-2-3-10(7-11)8-12/h2-4,7-9H,5-6H2,1H3,(H2,13,14,15). The Morgan fingerprint density at radius 1 is 1.47 bits per heavy atom. The minimum Gasteiger partial charge on any atom is -0.491 e. The van der Waals surface area contributed by atoms with Gasteiger partial charge in [-0.2, -0.15) is 0 Å². The predicted molar refractivity (Wildman–Crippen MR) is 63.4 cm³/mol. The van der Waals surface area contributed by atoms with Crippen LogP contribution in [0.25, 0.3) is 0 Å². The first-order chi connectivity index (χ1) is 7.90. The summed E-state index contributed by atoms with van der Waals surface area (Å²) in [5, 5.41) is 0. The van der Waals surface area contributed by atoms with E-state index in [0.717, 1.165) is 0 Å². The van der Waals surface area contributed by atoms with Gasteiger partial charge in [-0.15, -0.1) is 0 Å². The number of ether oxygens (including phenoxy) is 1. The first kappa shape index (κ1) is 13.9. The topological polar surface area (TPSA) is 83.8 Å². The van der Waals surface area contributed by atoms with Crippen molar-refractivity contribution in [2.45, 2.75) is 19.4 Å². The SMILES string of the molecule is CC(CCP(=O)(O)O)Oc1cccc(C=O)c1. The van der Waals surface area contributed by atoms with Crippen LogP contribution < -0.4 is 4.74 Å². The fourth-order valence-corrected chi connectivity index (χ4v) is 2.00. The maximum Gasteiger partial charge on any atom is 0.325 e. The van der Waals surface area contributed by atoms with Crippen molar-refractivity contribution >= 4 is 13.9 Å². The molecular formula is C11H15O5P. The highest BCUT2D eigenvalue weighted by Gasteiger charge is 2.15. The summed E-state index contributed by atoms with van der Waals surface area (Å²) in [7, 11) is -3.98. The van der Waals surface area contributed by atoms with Crippen molar-refractivity contribution in [3.63, 3.8) is 0 Å². The van der Waals surface area contributed by atoms with Crippen LogP contribution in [-0.2, 0) is 4.57 Å². The fourth-order valence-electron chi connectivity index (χ4n) is 1.30. The molecule has 1 aromatic carbocycles. The van der Waals surface area contributed by atoms with E-state index in [0.29, 0.717) is 17.6 Å². The van der Waals surface area contributed by atoms with E-state index in [9.17, 15) is 9.36 Å². The molecule has 17 heavy (non-hydrogen) atoms. The molecule has 1 unspecified atom stereocenters. The van der Waals surface area contributed by atoms with Crippen molar-refractivity contribution < 1.29 is 23.9 Å². The van der Waals surface area contributed by atoms with E-state index in [1.807, 2.05) is 0 Å². The molecule has 0 amide bonds. The predicted octanol–water partition coefficient (Wildman–Crippen LogP) is 1.83. The maximum atomic E-state index is 10.7. The van der Waals surface area contributed by atoms with E-state index < -0.39 is 7.60 Å². The summed E-state index contributed by atoms with van der Waals surface area (Å²) >= 11 is 0. The molecule has 0 heterocycles. The van der Waals surface area contributed by atoms with Crippen LogP contribution >= 0.6 is 7.60 Å². The number of rotatable bonds is 6. The third kappa shape index (κ3) is 5.63. The van der Waals surface area contributed by atoms with Crippen LogP contribution in [0.2, 0.25) is 0 Å². The number of hydrogen-bond acceptors (Lipinski definition) is 3. The summed E-state index contributed by atoms with van der Waals surface area (Å²) in [4.78, 5) is 28.0. The van der Waals surface area contributed by atoms with Crippen molar-refractivity contribution in [2.24, 2.45) is 0 Å². The lowest BCUT2D eigenvalue weighted by Crippen LogP contribution is -2.13. The summed E-state index contributed by atoms with van der Waals surface area (Å²) in [6.07, 6.45) is 0.453. The highest BCUT2D eigenvalue weighted by molar-refractivity contribution is 7.51. The van der Waals surface area contributed by atoms with Gasteiger partial charge in [-0.25, -0.2) is 0 Å². The Labute approximate surface area is 99.6 Å².